The van der Waals surface area contributed by atoms with Gasteiger partial charge in [-0.3, -0.25) is 4.79 Å². The van der Waals surface area contributed by atoms with Crippen LogP contribution in [-0.2, 0) is 4.79 Å². The smallest absolute Gasteiger partial charge is 0.300 e. The van der Waals surface area contributed by atoms with E-state index >= 15 is 0 Å². The second kappa shape index (κ2) is 7.35. The van der Waals surface area contributed by atoms with Gasteiger partial charge in [-0.2, -0.15) is 0 Å². The summed E-state index contributed by atoms with van der Waals surface area (Å²) >= 11 is 0. The van der Waals surface area contributed by atoms with Gasteiger partial charge in [0.25, 0.3) is 5.97 Å². The highest BCUT2D eigenvalue weighted by Gasteiger charge is 1.81. The van der Waals surface area contributed by atoms with Gasteiger partial charge in [0.1, 0.15) is 6.23 Å². The molecule has 0 amide bonds. The third-order valence-corrected chi connectivity index (χ3v) is 0.241. The van der Waals surface area contributed by atoms with E-state index in [0.29, 0.717) is 0 Å². The lowest BCUT2D eigenvalue weighted by molar-refractivity contribution is -0.134. The highest BCUT2D eigenvalue weighted by Crippen LogP contribution is 1.51. The minimum atomic E-state index is -0.838. The van der Waals surface area contributed by atoms with Gasteiger partial charge in [0.05, 0.1) is 0 Å². The predicted octanol–water partition coefficient (Wildman–Crippen LogP) is -1.69. The topological polar surface area (TPSA) is 110 Å². The number of carbonyl (C=O) groups is 1. The van der Waals surface area contributed by atoms with Crippen LogP contribution in [0.5, 0.6) is 0 Å². The second-order valence-electron chi connectivity index (χ2n) is 1.32. The maximum atomic E-state index is 9.00. The molecule has 9 heavy (non-hydrogen) atoms. The number of aliphatic hydroxyl groups excluding tert-OH is 1. The maximum Gasteiger partial charge on any atom is 0.300 e. The molecule has 0 bridgehead atoms. The van der Waals surface area contributed by atoms with Gasteiger partial charge in [0, 0.05) is 13.5 Å². The lowest BCUT2D eigenvalue weighted by Gasteiger charge is -1.91. The van der Waals surface area contributed by atoms with Gasteiger partial charge >= 0.3 is 0 Å². The second-order valence-corrected chi connectivity index (χ2v) is 1.32. The van der Waals surface area contributed by atoms with Gasteiger partial charge in [0.2, 0.25) is 0 Å². The maximum absolute atomic E-state index is 9.00. The molecule has 0 aliphatic carbocycles. The van der Waals surface area contributed by atoms with E-state index < -0.39 is 12.2 Å². The highest BCUT2D eigenvalue weighted by atomic mass is 16.4. The van der Waals surface area contributed by atoms with Crippen molar-refractivity contribution in [2.75, 3.05) is 6.54 Å². The summed E-state index contributed by atoms with van der Waals surface area (Å²) in [5, 5.41) is 15.4. The number of hydrogen-bond acceptors (Lipinski definition) is 4. The fourth-order valence-electron chi connectivity index (χ4n) is 0. The molecule has 0 aromatic heterocycles. The van der Waals surface area contributed by atoms with Crippen LogP contribution in [0.1, 0.15) is 6.92 Å². The van der Waals surface area contributed by atoms with E-state index in [4.69, 9.17) is 26.5 Å². The molecule has 0 aliphatic rings. The molecular formula is C4H12N2O3. The Bertz CT molecular complexity index is 70.2. The first-order valence-electron chi connectivity index (χ1n) is 2.34. The number of hydrogen-bond donors (Lipinski definition) is 4. The molecular weight excluding hydrogens is 124 g/mol. The van der Waals surface area contributed by atoms with E-state index in [1.165, 1.54) is 0 Å². The third-order valence-electron chi connectivity index (χ3n) is 0.241. The van der Waals surface area contributed by atoms with Crippen LogP contribution in [0, 0.1) is 0 Å². The number of aliphatic carboxylic acids is 1. The van der Waals surface area contributed by atoms with Crippen molar-refractivity contribution in [3.63, 3.8) is 0 Å². The molecule has 0 saturated carbocycles. The number of rotatable bonds is 1. The summed E-state index contributed by atoms with van der Waals surface area (Å²) < 4.78 is 0. The van der Waals surface area contributed by atoms with E-state index in [0.717, 1.165) is 6.92 Å². The Morgan fingerprint density at radius 3 is 1.89 bits per heavy atom. The number of nitrogens with two attached hydrogens (primary N) is 2. The Labute approximate surface area is 53.3 Å². The molecule has 0 heterocycles. The van der Waals surface area contributed by atoms with Crippen LogP contribution >= 0.6 is 0 Å². The molecule has 0 aromatic rings. The van der Waals surface area contributed by atoms with Gasteiger partial charge in [-0.15, -0.1) is 0 Å². The minimum absolute atomic E-state index is 0.139. The van der Waals surface area contributed by atoms with Crippen LogP contribution in [0.15, 0.2) is 0 Å². The fourth-order valence-corrected chi connectivity index (χ4v) is 0. The fraction of sp³-hybridized carbons (Fsp3) is 0.750. The summed E-state index contributed by atoms with van der Waals surface area (Å²) in [6.45, 7) is 1.22. The average molecular weight is 136 g/mol. The van der Waals surface area contributed by atoms with Gasteiger partial charge in [0.15, 0.2) is 0 Å². The van der Waals surface area contributed by atoms with Crippen molar-refractivity contribution in [3.05, 3.63) is 0 Å². The van der Waals surface area contributed by atoms with Crippen LogP contribution in [0.2, 0.25) is 0 Å². The minimum Gasteiger partial charge on any atom is -0.481 e. The quantitative estimate of drug-likeness (QED) is 0.322. The first-order valence-corrected chi connectivity index (χ1v) is 2.34. The van der Waals surface area contributed by atoms with Crippen molar-refractivity contribution in [3.8, 4) is 0 Å². The van der Waals surface area contributed by atoms with Gasteiger partial charge in [-0.25, -0.2) is 0 Å². The summed E-state index contributed by atoms with van der Waals surface area (Å²) in [5.74, 6) is -0.833. The summed E-state index contributed by atoms with van der Waals surface area (Å²) in [6.07, 6.45) is -0.838. The first kappa shape index (κ1) is 11.2. The van der Waals surface area contributed by atoms with Crippen LogP contribution in [0.4, 0.5) is 0 Å². The molecule has 0 saturated heterocycles. The van der Waals surface area contributed by atoms with E-state index in [-0.39, 0.29) is 6.54 Å². The SMILES string of the molecule is CC(=O)O.NCC(N)O. The van der Waals surface area contributed by atoms with Crippen molar-refractivity contribution in [1.82, 2.24) is 0 Å². The molecule has 1 atom stereocenters. The lowest BCUT2D eigenvalue weighted by atomic mass is 10.6. The summed E-state index contributed by atoms with van der Waals surface area (Å²) in [6, 6.07) is 0. The van der Waals surface area contributed by atoms with Gasteiger partial charge in [-0.05, 0) is 0 Å². The number of aliphatic hydroxyl groups is 1. The average Bonchev–Trinajstić information content (AvgIpc) is 1.65. The molecule has 56 valence electrons. The van der Waals surface area contributed by atoms with Gasteiger partial charge in [-0.1, -0.05) is 0 Å². The Morgan fingerprint density at radius 1 is 1.78 bits per heavy atom. The largest absolute Gasteiger partial charge is 0.481 e. The molecule has 0 fully saturated rings. The van der Waals surface area contributed by atoms with E-state index in [2.05, 4.69) is 0 Å². The zero-order chi connectivity index (χ0) is 7.86. The van der Waals surface area contributed by atoms with Crippen molar-refractivity contribution in [1.29, 1.82) is 0 Å². The number of carboxylic acid groups (broad SMARTS) is 1. The molecule has 1 unspecified atom stereocenters. The van der Waals surface area contributed by atoms with Crippen molar-refractivity contribution in [2.45, 2.75) is 13.2 Å². The first-order chi connectivity index (χ1) is 4.00. The monoisotopic (exact) mass is 136 g/mol. The summed E-state index contributed by atoms with van der Waals surface area (Å²) in [5.41, 5.74) is 9.52. The van der Waals surface area contributed by atoms with Crippen molar-refractivity contribution >= 4 is 5.97 Å². The van der Waals surface area contributed by atoms with Gasteiger partial charge < -0.3 is 21.7 Å². The van der Waals surface area contributed by atoms with Crippen molar-refractivity contribution < 1.29 is 15.0 Å². The van der Waals surface area contributed by atoms with Crippen LogP contribution in [0.25, 0.3) is 0 Å². The standard InChI is InChI=1S/C2H8N2O.C2H4O2/c3-1-2(4)5;1-2(3)4/h2,5H,1,3-4H2;1H3,(H,3,4). The molecule has 0 radical (unpaired) electrons. The molecule has 0 aromatic carbocycles. The van der Waals surface area contributed by atoms with E-state index in [1.807, 2.05) is 0 Å². The predicted molar refractivity (Wildman–Crippen MR) is 32.6 cm³/mol. The molecule has 6 N–H and O–H groups in total. The van der Waals surface area contributed by atoms with Crippen molar-refractivity contribution in [2.24, 2.45) is 11.5 Å². The summed E-state index contributed by atoms with van der Waals surface area (Å²) in [7, 11) is 0. The Morgan fingerprint density at radius 2 is 1.89 bits per heavy atom. The molecule has 5 nitrogen and oxygen atoms in total. The zero-order valence-corrected chi connectivity index (χ0v) is 5.24. The highest BCUT2D eigenvalue weighted by molar-refractivity contribution is 5.62. The van der Waals surface area contributed by atoms with Crippen LogP contribution < -0.4 is 11.5 Å². The normalized spacial score (nSPS) is 11.1. The lowest BCUT2D eigenvalue weighted by Crippen LogP contribution is -2.28. The molecule has 0 spiro atoms. The third kappa shape index (κ3) is 115. The summed E-state index contributed by atoms with van der Waals surface area (Å²) in [4.78, 5) is 9.00. The van der Waals surface area contributed by atoms with Crippen LogP contribution in [-0.4, -0.2) is 29.0 Å². The van der Waals surface area contributed by atoms with E-state index in [9.17, 15) is 0 Å². The Kier molecular flexibility index (Phi) is 9.14. The molecule has 0 rings (SSSR count). The number of carboxylic acids is 1. The Balaban J connectivity index is 0. The molecule has 5 heteroatoms. The van der Waals surface area contributed by atoms with E-state index in [1.54, 1.807) is 0 Å². The van der Waals surface area contributed by atoms with Crippen LogP contribution in [0.3, 0.4) is 0 Å². The Hall–Kier alpha value is -0.650. The molecule has 0 aliphatic heterocycles. The zero-order valence-electron chi connectivity index (χ0n) is 5.24.